The zero-order valence-electron chi connectivity index (χ0n) is 11.5. The van der Waals surface area contributed by atoms with Crippen molar-refractivity contribution in [3.63, 3.8) is 0 Å². The molecular weight excluding hydrogens is 272 g/mol. The van der Waals surface area contributed by atoms with Gasteiger partial charge in [0.05, 0.1) is 12.6 Å². The first-order valence-electron chi connectivity index (χ1n) is 5.75. The highest BCUT2D eigenvalue weighted by molar-refractivity contribution is 7.89. The van der Waals surface area contributed by atoms with Crippen molar-refractivity contribution in [3.05, 3.63) is 17.9 Å². The molecule has 0 aliphatic heterocycles. The van der Waals surface area contributed by atoms with E-state index in [1.165, 1.54) is 13.1 Å². The molecule has 2 N–H and O–H groups in total. The molecule has 0 saturated carbocycles. The van der Waals surface area contributed by atoms with E-state index in [0.717, 1.165) is 0 Å². The van der Waals surface area contributed by atoms with Crippen molar-refractivity contribution in [1.82, 2.24) is 10.0 Å². The first kappa shape index (κ1) is 16.1. The summed E-state index contributed by atoms with van der Waals surface area (Å²) in [4.78, 5) is 0. The van der Waals surface area contributed by atoms with Crippen molar-refractivity contribution in [1.29, 1.82) is 0 Å². The van der Waals surface area contributed by atoms with Crippen molar-refractivity contribution in [3.8, 4) is 0 Å². The number of hydrogen-bond acceptors (Lipinski definition) is 6. The van der Waals surface area contributed by atoms with Gasteiger partial charge in [0.15, 0.2) is 6.29 Å². The standard InChI is InChI=1S/C11H20N2O5S/c1-8(11(16-3)17-4)13-7-9-5-6-10(18-9)19(14,15)12-2/h5-6,8,11-13H,7H2,1-4H3. The van der Waals surface area contributed by atoms with Crippen LogP contribution in [0.25, 0.3) is 0 Å². The number of sulfonamides is 1. The molecule has 0 radical (unpaired) electrons. The molecule has 1 rings (SSSR count). The van der Waals surface area contributed by atoms with E-state index in [1.54, 1.807) is 20.3 Å². The van der Waals surface area contributed by atoms with Gasteiger partial charge in [-0.2, -0.15) is 0 Å². The Morgan fingerprint density at radius 3 is 2.47 bits per heavy atom. The van der Waals surface area contributed by atoms with Gasteiger partial charge in [0.1, 0.15) is 5.76 Å². The van der Waals surface area contributed by atoms with E-state index < -0.39 is 10.0 Å². The van der Waals surface area contributed by atoms with Crippen molar-refractivity contribution < 1.29 is 22.3 Å². The average molecular weight is 292 g/mol. The van der Waals surface area contributed by atoms with Gasteiger partial charge in [0.25, 0.3) is 10.0 Å². The third kappa shape index (κ3) is 4.29. The number of furan rings is 1. The number of methoxy groups -OCH3 is 2. The topological polar surface area (TPSA) is 89.8 Å². The Balaban J connectivity index is 2.60. The summed E-state index contributed by atoms with van der Waals surface area (Å²) in [5, 5.41) is 3.02. The van der Waals surface area contributed by atoms with Gasteiger partial charge in [-0.25, -0.2) is 13.1 Å². The lowest BCUT2D eigenvalue weighted by atomic mass is 10.3. The van der Waals surface area contributed by atoms with E-state index in [-0.39, 0.29) is 17.4 Å². The maximum absolute atomic E-state index is 11.5. The van der Waals surface area contributed by atoms with E-state index in [0.29, 0.717) is 12.3 Å². The van der Waals surface area contributed by atoms with Gasteiger partial charge < -0.3 is 19.2 Å². The molecule has 0 spiro atoms. The van der Waals surface area contributed by atoms with Gasteiger partial charge in [-0.05, 0) is 26.1 Å². The van der Waals surface area contributed by atoms with E-state index in [2.05, 4.69) is 10.0 Å². The van der Waals surface area contributed by atoms with Crippen LogP contribution in [0.15, 0.2) is 21.6 Å². The predicted octanol–water partition coefficient (Wildman–Crippen LogP) is 0.285. The molecule has 0 fully saturated rings. The second-order valence-electron chi connectivity index (χ2n) is 3.94. The first-order valence-corrected chi connectivity index (χ1v) is 7.24. The lowest BCUT2D eigenvalue weighted by Crippen LogP contribution is -2.39. The molecule has 1 atom stereocenters. The first-order chi connectivity index (χ1) is 8.94. The van der Waals surface area contributed by atoms with Crippen molar-refractivity contribution in [2.45, 2.75) is 30.9 Å². The predicted molar refractivity (Wildman–Crippen MR) is 69.1 cm³/mol. The van der Waals surface area contributed by atoms with E-state index >= 15 is 0 Å². The van der Waals surface area contributed by atoms with Crippen molar-refractivity contribution in [2.75, 3.05) is 21.3 Å². The second-order valence-corrected chi connectivity index (χ2v) is 5.76. The van der Waals surface area contributed by atoms with Crippen LogP contribution in [0.2, 0.25) is 0 Å². The third-order valence-electron chi connectivity index (χ3n) is 2.64. The fourth-order valence-corrected chi connectivity index (χ4v) is 2.23. The van der Waals surface area contributed by atoms with Crippen LogP contribution in [-0.4, -0.2) is 42.0 Å². The SMILES string of the molecule is CNS(=O)(=O)c1ccc(CNC(C)C(OC)OC)o1. The molecule has 0 aromatic carbocycles. The Labute approximate surface area is 113 Å². The molecule has 1 heterocycles. The van der Waals surface area contributed by atoms with Gasteiger partial charge in [-0.15, -0.1) is 0 Å². The van der Waals surface area contributed by atoms with Crippen LogP contribution >= 0.6 is 0 Å². The molecule has 1 aromatic heterocycles. The minimum atomic E-state index is -3.54. The molecule has 8 heteroatoms. The van der Waals surface area contributed by atoms with E-state index in [9.17, 15) is 8.42 Å². The Bertz CT molecular complexity index is 481. The smallest absolute Gasteiger partial charge is 0.273 e. The molecule has 0 saturated heterocycles. The molecular formula is C11H20N2O5S. The molecule has 0 bridgehead atoms. The highest BCUT2D eigenvalue weighted by Gasteiger charge is 2.18. The summed E-state index contributed by atoms with van der Waals surface area (Å²) in [6.07, 6.45) is -0.379. The lowest BCUT2D eigenvalue weighted by Gasteiger charge is -2.21. The molecule has 0 aliphatic carbocycles. The Kier molecular flexibility index (Phi) is 5.95. The fraction of sp³-hybridized carbons (Fsp3) is 0.636. The van der Waals surface area contributed by atoms with Crippen LogP contribution in [0, 0.1) is 0 Å². The van der Waals surface area contributed by atoms with Gasteiger partial charge in [0, 0.05) is 14.2 Å². The Morgan fingerprint density at radius 1 is 1.32 bits per heavy atom. The summed E-state index contributed by atoms with van der Waals surface area (Å²) in [7, 11) is 0.902. The minimum absolute atomic E-state index is 0.0653. The average Bonchev–Trinajstić information content (AvgIpc) is 2.87. The largest absolute Gasteiger partial charge is 0.447 e. The molecule has 0 amide bonds. The van der Waals surface area contributed by atoms with Crippen LogP contribution in [-0.2, 0) is 26.0 Å². The normalized spacial score (nSPS) is 13.9. The second kappa shape index (κ2) is 7.01. The number of rotatable bonds is 8. The molecule has 110 valence electrons. The Hall–Kier alpha value is -0.930. The molecule has 1 unspecified atom stereocenters. The van der Waals surface area contributed by atoms with Gasteiger partial charge >= 0.3 is 0 Å². The third-order valence-corrected chi connectivity index (χ3v) is 3.93. The fourth-order valence-electron chi connectivity index (χ4n) is 1.56. The van der Waals surface area contributed by atoms with Gasteiger partial charge in [0.2, 0.25) is 5.09 Å². The minimum Gasteiger partial charge on any atom is -0.447 e. The zero-order chi connectivity index (χ0) is 14.5. The van der Waals surface area contributed by atoms with Crippen LogP contribution in [0.3, 0.4) is 0 Å². The highest BCUT2D eigenvalue weighted by Crippen LogP contribution is 2.13. The van der Waals surface area contributed by atoms with Crippen molar-refractivity contribution >= 4 is 10.0 Å². The maximum atomic E-state index is 11.5. The molecule has 19 heavy (non-hydrogen) atoms. The molecule has 0 aliphatic rings. The van der Waals surface area contributed by atoms with Crippen LogP contribution in [0.4, 0.5) is 0 Å². The zero-order valence-corrected chi connectivity index (χ0v) is 12.3. The Morgan fingerprint density at radius 2 is 1.95 bits per heavy atom. The summed E-state index contributed by atoms with van der Waals surface area (Å²) in [6.45, 7) is 2.27. The number of nitrogens with one attached hydrogen (secondary N) is 2. The van der Waals surface area contributed by atoms with E-state index in [1.807, 2.05) is 6.92 Å². The van der Waals surface area contributed by atoms with Crippen LogP contribution in [0.1, 0.15) is 12.7 Å². The monoisotopic (exact) mass is 292 g/mol. The summed E-state index contributed by atoms with van der Waals surface area (Å²) in [5.74, 6) is 0.520. The quantitative estimate of drug-likeness (QED) is 0.669. The number of ether oxygens (including phenoxy) is 2. The summed E-state index contributed by atoms with van der Waals surface area (Å²) in [6, 6.07) is 2.96. The van der Waals surface area contributed by atoms with Crippen molar-refractivity contribution in [2.24, 2.45) is 0 Å². The van der Waals surface area contributed by atoms with Gasteiger partial charge in [-0.1, -0.05) is 0 Å². The summed E-state index contributed by atoms with van der Waals surface area (Å²) >= 11 is 0. The molecule has 1 aromatic rings. The summed E-state index contributed by atoms with van der Waals surface area (Å²) in [5.41, 5.74) is 0. The maximum Gasteiger partial charge on any atom is 0.273 e. The van der Waals surface area contributed by atoms with E-state index in [4.69, 9.17) is 13.9 Å². The van der Waals surface area contributed by atoms with Gasteiger partial charge in [-0.3, -0.25) is 0 Å². The highest BCUT2D eigenvalue weighted by atomic mass is 32.2. The van der Waals surface area contributed by atoms with Crippen LogP contribution in [0.5, 0.6) is 0 Å². The number of hydrogen-bond donors (Lipinski definition) is 2. The lowest BCUT2D eigenvalue weighted by molar-refractivity contribution is -0.119. The van der Waals surface area contributed by atoms with Crippen LogP contribution < -0.4 is 10.0 Å². The summed E-state index contributed by atoms with van der Waals surface area (Å²) < 4.78 is 40.6. The molecule has 7 nitrogen and oxygen atoms in total.